The minimum Gasteiger partial charge on any atom is -0.348 e. The summed E-state index contributed by atoms with van der Waals surface area (Å²) in [6.07, 6.45) is 0.814. The third-order valence-corrected chi connectivity index (χ3v) is 4.38. The molecule has 0 radical (unpaired) electrons. The van der Waals surface area contributed by atoms with Gasteiger partial charge in [-0.25, -0.2) is 4.98 Å². The highest BCUT2D eigenvalue weighted by molar-refractivity contribution is 6.35. The summed E-state index contributed by atoms with van der Waals surface area (Å²) >= 11 is 0. The predicted molar refractivity (Wildman–Crippen MR) is 82.0 cm³/mol. The minimum atomic E-state index is -4.66. The molecule has 0 aromatic carbocycles. The van der Waals surface area contributed by atoms with Gasteiger partial charge >= 0.3 is 18.0 Å². The molecule has 0 saturated heterocycles. The third kappa shape index (κ3) is 6.02. The van der Waals surface area contributed by atoms with Crippen LogP contribution in [0.1, 0.15) is 50.7 Å². The van der Waals surface area contributed by atoms with Gasteiger partial charge in [-0.05, 0) is 18.3 Å². The number of aromatic amines is 1. The number of alkyl halides is 3. The number of nitrogens with one attached hydrogen (secondary N) is 3. The van der Waals surface area contributed by atoms with Gasteiger partial charge in [-0.3, -0.25) is 14.7 Å². The second-order valence-corrected chi connectivity index (χ2v) is 6.46. The standard InChI is InChI=1S/C15H22F3N5O2/c1-9-2-4-10(5-3-9)6-7-19-12(24)13(25)20-8-11-21-14(23-22-11)15(16,17)18/h9-10H,2-8H2,1H3,(H,19,24)(H,20,25)(H,21,22,23). The largest absolute Gasteiger partial charge is 0.453 e. The molecule has 0 aliphatic heterocycles. The zero-order valence-electron chi connectivity index (χ0n) is 13.9. The molecule has 0 spiro atoms. The molecule has 0 bridgehead atoms. The predicted octanol–water partition coefficient (Wildman–Crippen LogP) is 1.77. The number of H-pyrrole nitrogens is 1. The number of halogens is 3. The van der Waals surface area contributed by atoms with Crippen molar-refractivity contribution in [1.29, 1.82) is 0 Å². The average Bonchev–Trinajstić information content (AvgIpc) is 3.03. The molecule has 1 fully saturated rings. The summed E-state index contributed by atoms with van der Waals surface area (Å²) in [5.74, 6) is -1.89. The van der Waals surface area contributed by atoms with Gasteiger partial charge in [0, 0.05) is 6.54 Å². The monoisotopic (exact) mass is 361 g/mol. The Balaban J connectivity index is 1.66. The molecule has 1 saturated carbocycles. The Morgan fingerprint density at radius 1 is 1.16 bits per heavy atom. The molecule has 140 valence electrons. The molecule has 3 N–H and O–H groups in total. The van der Waals surface area contributed by atoms with Crippen LogP contribution < -0.4 is 10.6 Å². The van der Waals surface area contributed by atoms with Crippen LogP contribution >= 0.6 is 0 Å². The molecule has 7 nitrogen and oxygen atoms in total. The second kappa shape index (κ2) is 8.30. The first kappa shape index (κ1) is 19.2. The molecule has 0 unspecified atom stereocenters. The highest BCUT2D eigenvalue weighted by Crippen LogP contribution is 2.29. The molecule has 1 aliphatic carbocycles. The lowest BCUT2D eigenvalue weighted by Gasteiger charge is -2.26. The number of hydrogen-bond donors (Lipinski definition) is 3. The van der Waals surface area contributed by atoms with E-state index in [1.54, 1.807) is 0 Å². The lowest BCUT2D eigenvalue weighted by atomic mass is 9.81. The van der Waals surface area contributed by atoms with Gasteiger partial charge in [0.15, 0.2) is 0 Å². The maximum atomic E-state index is 12.3. The van der Waals surface area contributed by atoms with Gasteiger partial charge in [-0.15, -0.1) is 5.10 Å². The highest BCUT2D eigenvalue weighted by atomic mass is 19.4. The van der Waals surface area contributed by atoms with Crippen LogP contribution in [0, 0.1) is 11.8 Å². The van der Waals surface area contributed by atoms with Crippen molar-refractivity contribution in [2.45, 2.75) is 51.7 Å². The molecule has 10 heteroatoms. The van der Waals surface area contributed by atoms with E-state index in [0.717, 1.165) is 25.2 Å². The number of amides is 2. The first-order valence-electron chi connectivity index (χ1n) is 8.30. The van der Waals surface area contributed by atoms with Crippen molar-refractivity contribution >= 4 is 11.8 Å². The number of hydrogen-bond acceptors (Lipinski definition) is 4. The smallest absolute Gasteiger partial charge is 0.348 e. The van der Waals surface area contributed by atoms with Gasteiger partial charge in [-0.2, -0.15) is 13.2 Å². The van der Waals surface area contributed by atoms with E-state index in [1.807, 2.05) is 0 Å². The van der Waals surface area contributed by atoms with Crippen molar-refractivity contribution < 1.29 is 22.8 Å². The van der Waals surface area contributed by atoms with Gasteiger partial charge in [0.05, 0.1) is 6.54 Å². The van der Waals surface area contributed by atoms with E-state index in [9.17, 15) is 22.8 Å². The zero-order valence-corrected chi connectivity index (χ0v) is 13.9. The normalized spacial score (nSPS) is 21.0. The van der Waals surface area contributed by atoms with Gasteiger partial charge in [0.2, 0.25) is 0 Å². The molecule has 1 heterocycles. The van der Waals surface area contributed by atoms with E-state index in [4.69, 9.17) is 0 Å². The van der Waals surface area contributed by atoms with Gasteiger partial charge < -0.3 is 10.6 Å². The highest BCUT2D eigenvalue weighted by Gasteiger charge is 2.36. The Bertz CT molecular complexity index is 594. The van der Waals surface area contributed by atoms with E-state index in [2.05, 4.69) is 32.7 Å². The van der Waals surface area contributed by atoms with Crippen molar-refractivity contribution in [1.82, 2.24) is 25.8 Å². The fraction of sp³-hybridized carbons (Fsp3) is 0.733. The molecular formula is C15H22F3N5O2. The maximum Gasteiger partial charge on any atom is 0.453 e. The maximum absolute atomic E-state index is 12.3. The van der Waals surface area contributed by atoms with Crippen molar-refractivity contribution in [3.8, 4) is 0 Å². The number of carbonyl (C=O) groups excluding carboxylic acids is 2. The summed E-state index contributed by atoms with van der Waals surface area (Å²) in [5, 5.41) is 9.81. The summed E-state index contributed by atoms with van der Waals surface area (Å²) in [5.41, 5.74) is 0. The summed E-state index contributed by atoms with van der Waals surface area (Å²) in [6, 6.07) is 0. The summed E-state index contributed by atoms with van der Waals surface area (Å²) in [6.45, 7) is 2.30. The first-order chi connectivity index (χ1) is 11.8. The van der Waals surface area contributed by atoms with E-state index < -0.39 is 23.8 Å². The van der Waals surface area contributed by atoms with Crippen LogP contribution in [0.25, 0.3) is 0 Å². The first-order valence-corrected chi connectivity index (χ1v) is 8.30. The Morgan fingerprint density at radius 2 is 1.80 bits per heavy atom. The van der Waals surface area contributed by atoms with E-state index in [0.29, 0.717) is 12.5 Å². The number of nitrogens with zero attached hydrogens (tertiary/aromatic N) is 2. The summed E-state index contributed by atoms with van der Waals surface area (Å²) in [4.78, 5) is 26.5. The SMILES string of the molecule is CC1CCC(CCNC(=O)C(=O)NCc2nc(C(F)(F)F)n[nH]2)CC1. The summed E-state index contributed by atoms with van der Waals surface area (Å²) < 4.78 is 37.0. The third-order valence-electron chi connectivity index (χ3n) is 4.38. The van der Waals surface area contributed by atoms with Crippen LogP contribution in [0.15, 0.2) is 0 Å². The van der Waals surface area contributed by atoms with Gasteiger partial charge in [0.1, 0.15) is 5.82 Å². The molecular weight excluding hydrogens is 339 g/mol. The molecule has 1 aromatic rings. The van der Waals surface area contributed by atoms with Crippen LogP contribution in [0.2, 0.25) is 0 Å². The van der Waals surface area contributed by atoms with E-state index in [-0.39, 0.29) is 12.4 Å². The average molecular weight is 361 g/mol. The minimum absolute atomic E-state index is 0.176. The Hall–Kier alpha value is -2.13. The molecule has 2 rings (SSSR count). The van der Waals surface area contributed by atoms with Crippen LogP contribution in [0.3, 0.4) is 0 Å². The van der Waals surface area contributed by atoms with Gasteiger partial charge in [0.25, 0.3) is 5.82 Å². The molecule has 0 atom stereocenters. The second-order valence-electron chi connectivity index (χ2n) is 6.46. The quantitative estimate of drug-likeness (QED) is 0.696. The van der Waals surface area contributed by atoms with Gasteiger partial charge in [-0.1, -0.05) is 32.6 Å². The van der Waals surface area contributed by atoms with Crippen LogP contribution in [-0.4, -0.2) is 33.5 Å². The lowest BCUT2D eigenvalue weighted by Crippen LogP contribution is -2.40. The molecule has 1 aliphatic rings. The summed E-state index contributed by atoms with van der Waals surface area (Å²) in [7, 11) is 0. The molecule has 25 heavy (non-hydrogen) atoms. The van der Waals surface area contributed by atoms with Crippen LogP contribution in [-0.2, 0) is 22.3 Å². The fourth-order valence-corrected chi connectivity index (χ4v) is 2.83. The topological polar surface area (TPSA) is 99.8 Å². The van der Waals surface area contributed by atoms with Crippen LogP contribution in [0.4, 0.5) is 13.2 Å². The molecule has 1 aromatic heterocycles. The van der Waals surface area contributed by atoms with E-state index in [1.165, 1.54) is 12.8 Å². The fourth-order valence-electron chi connectivity index (χ4n) is 2.83. The number of aromatic nitrogens is 3. The van der Waals surface area contributed by atoms with Crippen molar-refractivity contribution in [3.05, 3.63) is 11.6 Å². The Kier molecular flexibility index (Phi) is 6.38. The zero-order chi connectivity index (χ0) is 18.4. The lowest BCUT2D eigenvalue weighted by molar-refractivity contribution is -0.144. The van der Waals surface area contributed by atoms with E-state index >= 15 is 0 Å². The number of rotatable bonds is 5. The van der Waals surface area contributed by atoms with Crippen molar-refractivity contribution in [3.63, 3.8) is 0 Å². The van der Waals surface area contributed by atoms with Crippen LogP contribution in [0.5, 0.6) is 0 Å². The van der Waals surface area contributed by atoms with Crippen molar-refractivity contribution in [2.75, 3.05) is 6.54 Å². The van der Waals surface area contributed by atoms with Crippen molar-refractivity contribution in [2.24, 2.45) is 11.8 Å². The number of carbonyl (C=O) groups is 2. The Morgan fingerprint density at radius 3 is 2.40 bits per heavy atom. The molecule has 2 amide bonds. The Labute approximate surface area is 143 Å².